The van der Waals surface area contributed by atoms with E-state index in [1.54, 1.807) is 12.2 Å². The molecule has 0 radical (unpaired) electrons. The van der Waals surface area contributed by atoms with Gasteiger partial charge in [-0.2, -0.15) is 13.2 Å². The third kappa shape index (κ3) is 7.99. The predicted molar refractivity (Wildman–Crippen MR) is 140 cm³/mol. The average Bonchev–Trinajstić information content (AvgIpc) is 2.90. The van der Waals surface area contributed by atoms with Gasteiger partial charge in [-0.1, -0.05) is 24.3 Å². The molecule has 1 amide bonds. The first-order chi connectivity index (χ1) is 18.1. The van der Waals surface area contributed by atoms with Crippen LogP contribution < -0.4 is 5.32 Å². The van der Waals surface area contributed by atoms with Crippen LogP contribution in [0.1, 0.15) is 37.7 Å². The van der Waals surface area contributed by atoms with Gasteiger partial charge in [0.1, 0.15) is 5.84 Å². The van der Waals surface area contributed by atoms with Crippen molar-refractivity contribution in [3.8, 4) is 0 Å². The Morgan fingerprint density at radius 3 is 2.45 bits per heavy atom. The first-order valence-electron chi connectivity index (χ1n) is 12.4. The predicted octanol–water partition coefficient (Wildman–Crippen LogP) is 4.25. The summed E-state index contributed by atoms with van der Waals surface area (Å²) in [5, 5.41) is 3.15. The molecular weight excluding hydrogens is 521 g/mol. The fourth-order valence-corrected chi connectivity index (χ4v) is 4.32. The van der Waals surface area contributed by atoms with Crippen molar-refractivity contribution in [1.29, 1.82) is 0 Å². The molecule has 3 rings (SSSR count). The number of amides is 1. The topological polar surface area (TPSA) is 83.0 Å². The summed E-state index contributed by atoms with van der Waals surface area (Å²) in [7, 11) is 0. The van der Waals surface area contributed by atoms with Crippen LogP contribution in [0.4, 0.5) is 13.2 Å². The molecule has 0 bridgehead atoms. The Hall–Kier alpha value is -3.02. The van der Waals surface area contributed by atoms with Crippen molar-refractivity contribution in [2.75, 3.05) is 45.9 Å². The lowest BCUT2D eigenvalue weighted by molar-refractivity contribution is -0.145. The Morgan fingerprint density at radius 1 is 1.18 bits per heavy atom. The fourth-order valence-electron chi connectivity index (χ4n) is 4.10. The standard InChI is InChI=1S/C26H32ClF3N6O2/c1-4-35(5-2)23-8-6-7-20(21(27)10-9-18(3)34-23)24(37)31-17-22(36-11-13-38-14-12-36)19-15-32-25(33-16-19)26(28,29)30/h6,8-10,15-16,22H,3-5,7,11-14,17H2,1-2H3,(H,31,37)/b8-6-,10-9-,21-20-,34-23?. The molecule has 1 fully saturated rings. The van der Waals surface area contributed by atoms with Crippen molar-refractivity contribution in [1.82, 2.24) is 25.1 Å². The Bertz CT molecular complexity index is 1100. The first kappa shape index (κ1) is 29.5. The molecule has 2 aliphatic rings. The summed E-state index contributed by atoms with van der Waals surface area (Å²) in [6, 6.07) is -0.448. The summed E-state index contributed by atoms with van der Waals surface area (Å²) >= 11 is 6.48. The number of allylic oxidation sites excluding steroid dienone is 4. The van der Waals surface area contributed by atoms with Gasteiger partial charge in [-0.3, -0.25) is 9.69 Å². The summed E-state index contributed by atoms with van der Waals surface area (Å²) in [6.45, 7) is 11.7. The smallest absolute Gasteiger partial charge is 0.379 e. The van der Waals surface area contributed by atoms with E-state index in [1.807, 2.05) is 30.9 Å². The molecule has 8 nitrogen and oxygen atoms in total. The number of alkyl halides is 3. The van der Waals surface area contributed by atoms with Gasteiger partial charge < -0.3 is 15.0 Å². The van der Waals surface area contributed by atoms with Crippen molar-refractivity contribution in [3.05, 3.63) is 71.0 Å². The highest BCUT2D eigenvalue weighted by Gasteiger charge is 2.35. The zero-order valence-electron chi connectivity index (χ0n) is 21.5. The lowest BCUT2D eigenvalue weighted by atomic mass is 10.1. The van der Waals surface area contributed by atoms with Gasteiger partial charge in [-0.05, 0) is 38.5 Å². The first-order valence-corrected chi connectivity index (χ1v) is 12.8. The van der Waals surface area contributed by atoms with Gasteiger partial charge in [-0.15, -0.1) is 0 Å². The number of carbonyl (C=O) groups excluding carboxylic acids is 1. The molecule has 0 saturated carbocycles. The zero-order valence-corrected chi connectivity index (χ0v) is 22.2. The number of aromatic nitrogens is 2. The van der Waals surface area contributed by atoms with E-state index in [2.05, 4.69) is 31.8 Å². The number of halogens is 4. The number of aliphatic imine (C=N–C) groups is 1. The highest BCUT2D eigenvalue weighted by molar-refractivity contribution is 6.33. The molecule has 1 aromatic heterocycles. The third-order valence-electron chi connectivity index (χ3n) is 6.17. The molecule has 1 atom stereocenters. The molecule has 2 aliphatic heterocycles. The van der Waals surface area contributed by atoms with Crippen LogP contribution in [0.15, 0.2) is 64.6 Å². The second-order valence-corrected chi connectivity index (χ2v) is 9.02. The van der Waals surface area contributed by atoms with E-state index < -0.39 is 18.0 Å². The van der Waals surface area contributed by atoms with Crippen LogP contribution in [0.5, 0.6) is 0 Å². The summed E-state index contributed by atoms with van der Waals surface area (Å²) < 4.78 is 44.3. The number of carbonyl (C=O) groups is 1. The molecule has 0 aromatic carbocycles. The number of hydrogen-bond donors (Lipinski definition) is 1. The number of morpholine rings is 1. The molecule has 0 aliphatic carbocycles. The minimum absolute atomic E-state index is 0.119. The number of ether oxygens (including phenoxy) is 1. The highest BCUT2D eigenvalue weighted by Crippen LogP contribution is 2.27. The number of likely N-dealkylation sites (N-methyl/N-ethyl adjacent to an activating group) is 1. The van der Waals surface area contributed by atoms with Crippen molar-refractivity contribution in [2.24, 2.45) is 4.99 Å². The van der Waals surface area contributed by atoms with E-state index in [-0.39, 0.29) is 23.9 Å². The molecule has 1 unspecified atom stereocenters. The van der Waals surface area contributed by atoms with Crippen LogP contribution in [0, 0.1) is 0 Å². The molecule has 38 heavy (non-hydrogen) atoms. The highest BCUT2D eigenvalue weighted by atomic mass is 35.5. The summed E-state index contributed by atoms with van der Waals surface area (Å²) in [5.74, 6) is -0.864. The lowest BCUT2D eigenvalue weighted by Crippen LogP contribution is -2.44. The van der Waals surface area contributed by atoms with Gasteiger partial charge in [0.25, 0.3) is 0 Å². The number of rotatable bonds is 7. The molecule has 1 saturated heterocycles. The molecule has 12 heteroatoms. The van der Waals surface area contributed by atoms with Gasteiger partial charge in [0.05, 0.1) is 25.0 Å². The fraction of sp³-hybridized carbons (Fsp3) is 0.462. The second kappa shape index (κ2) is 13.7. The zero-order chi connectivity index (χ0) is 27.7. The quantitative estimate of drug-likeness (QED) is 0.545. The van der Waals surface area contributed by atoms with E-state index in [4.69, 9.17) is 16.3 Å². The lowest BCUT2D eigenvalue weighted by Gasteiger charge is -2.34. The van der Waals surface area contributed by atoms with Crippen LogP contribution in [0.25, 0.3) is 0 Å². The van der Waals surface area contributed by atoms with E-state index in [1.165, 1.54) is 0 Å². The Kier molecular flexibility index (Phi) is 10.6. The minimum Gasteiger partial charge on any atom is -0.379 e. The maximum absolute atomic E-state index is 13.3. The average molecular weight is 553 g/mol. The summed E-state index contributed by atoms with van der Waals surface area (Å²) in [6.07, 6.45) is 4.83. The van der Waals surface area contributed by atoms with Crippen LogP contribution in [-0.4, -0.2) is 77.4 Å². The largest absolute Gasteiger partial charge is 0.451 e. The molecule has 206 valence electrons. The van der Waals surface area contributed by atoms with Crippen molar-refractivity contribution >= 4 is 23.3 Å². The molecule has 0 spiro atoms. The SMILES string of the molecule is C=C1/C=C\C(Cl)=C(\C(=O)NCC(c2cnc(C(F)(F)F)nc2)N2CCOCC2)C/C=C\C(N(CC)CC)=N1. The van der Waals surface area contributed by atoms with E-state index in [0.29, 0.717) is 43.1 Å². The normalized spacial score (nSPS) is 21.8. The van der Waals surface area contributed by atoms with Gasteiger partial charge >= 0.3 is 6.18 Å². The maximum Gasteiger partial charge on any atom is 0.451 e. The molecule has 1 N–H and O–H groups in total. The van der Waals surface area contributed by atoms with Crippen molar-refractivity contribution in [3.63, 3.8) is 0 Å². The Morgan fingerprint density at radius 2 is 1.84 bits per heavy atom. The van der Waals surface area contributed by atoms with E-state index in [0.717, 1.165) is 31.3 Å². The number of amidine groups is 1. The molecular formula is C26H32ClF3N6O2. The van der Waals surface area contributed by atoms with Gasteiger partial charge in [0.2, 0.25) is 11.7 Å². The summed E-state index contributed by atoms with van der Waals surface area (Å²) in [4.78, 5) is 28.9. The van der Waals surface area contributed by atoms with Gasteiger partial charge in [0.15, 0.2) is 0 Å². The van der Waals surface area contributed by atoms with Gasteiger partial charge in [-0.25, -0.2) is 15.0 Å². The van der Waals surface area contributed by atoms with E-state index >= 15 is 0 Å². The van der Waals surface area contributed by atoms with Gasteiger partial charge in [0, 0.05) is 61.3 Å². The molecule has 1 aromatic rings. The number of nitrogens with one attached hydrogen (secondary N) is 1. The van der Waals surface area contributed by atoms with Crippen molar-refractivity contribution < 1.29 is 22.7 Å². The monoisotopic (exact) mass is 552 g/mol. The van der Waals surface area contributed by atoms with Crippen molar-refractivity contribution in [2.45, 2.75) is 32.5 Å². The second-order valence-electron chi connectivity index (χ2n) is 8.61. The van der Waals surface area contributed by atoms with E-state index in [9.17, 15) is 18.0 Å². The number of hydrogen-bond acceptors (Lipinski definition) is 7. The van der Waals surface area contributed by atoms with Crippen LogP contribution in [-0.2, 0) is 15.7 Å². The summed E-state index contributed by atoms with van der Waals surface area (Å²) in [5.41, 5.74) is 1.30. The Labute approximate surface area is 225 Å². The number of nitrogens with zero attached hydrogens (tertiary/aromatic N) is 5. The maximum atomic E-state index is 13.3. The minimum atomic E-state index is -4.64. The van der Waals surface area contributed by atoms with Crippen LogP contribution in [0.3, 0.4) is 0 Å². The third-order valence-corrected chi connectivity index (χ3v) is 6.53. The van der Waals surface area contributed by atoms with Crippen LogP contribution >= 0.6 is 11.6 Å². The van der Waals surface area contributed by atoms with Crippen LogP contribution in [0.2, 0.25) is 0 Å². The Balaban J connectivity index is 1.80. The molecule has 3 heterocycles.